The van der Waals surface area contributed by atoms with Gasteiger partial charge in [-0.1, -0.05) is 13.8 Å². The molecule has 0 aromatic heterocycles. The van der Waals surface area contributed by atoms with E-state index >= 15 is 0 Å². The van der Waals surface area contributed by atoms with Crippen LogP contribution in [0.3, 0.4) is 0 Å². The smallest absolute Gasteiger partial charge is 0.234 e. The molecule has 0 radical (unpaired) electrons. The number of hydrogen-bond donors (Lipinski definition) is 2. The standard InChI is InChI=1S/C12H24N2O2/c1-10(2)5-6-13-9-12(15)14-8-11-4-3-7-16-11/h10-11,13H,3-9H2,1-2H3,(H,14,15). The van der Waals surface area contributed by atoms with Crippen LogP contribution in [0.4, 0.5) is 0 Å². The number of hydrogen-bond acceptors (Lipinski definition) is 3. The second kappa shape index (κ2) is 7.63. The first-order chi connectivity index (χ1) is 7.68. The van der Waals surface area contributed by atoms with E-state index in [2.05, 4.69) is 24.5 Å². The van der Waals surface area contributed by atoms with Crippen LogP contribution >= 0.6 is 0 Å². The van der Waals surface area contributed by atoms with E-state index in [9.17, 15) is 4.79 Å². The summed E-state index contributed by atoms with van der Waals surface area (Å²) in [4.78, 5) is 11.4. The predicted molar refractivity (Wildman–Crippen MR) is 64.3 cm³/mol. The van der Waals surface area contributed by atoms with Crippen LogP contribution < -0.4 is 10.6 Å². The first kappa shape index (κ1) is 13.5. The van der Waals surface area contributed by atoms with E-state index in [0.717, 1.165) is 32.4 Å². The van der Waals surface area contributed by atoms with Crippen LogP contribution in [0.1, 0.15) is 33.1 Å². The normalized spacial score (nSPS) is 20.3. The zero-order chi connectivity index (χ0) is 11.8. The van der Waals surface area contributed by atoms with Gasteiger partial charge in [0.15, 0.2) is 0 Å². The summed E-state index contributed by atoms with van der Waals surface area (Å²) in [6.45, 7) is 7.18. The van der Waals surface area contributed by atoms with E-state index in [4.69, 9.17) is 4.74 Å². The summed E-state index contributed by atoms with van der Waals surface area (Å²) in [5.41, 5.74) is 0. The van der Waals surface area contributed by atoms with Gasteiger partial charge in [0.1, 0.15) is 0 Å². The van der Waals surface area contributed by atoms with Crippen LogP contribution in [0.25, 0.3) is 0 Å². The van der Waals surface area contributed by atoms with Gasteiger partial charge in [0, 0.05) is 13.2 Å². The van der Waals surface area contributed by atoms with E-state index in [1.165, 1.54) is 0 Å². The molecule has 1 aliphatic rings. The molecular weight excluding hydrogens is 204 g/mol. The van der Waals surface area contributed by atoms with E-state index in [-0.39, 0.29) is 12.0 Å². The van der Waals surface area contributed by atoms with Crippen molar-refractivity contribution in [3.05, 3.63) is 0 Å². The number of carbonyl (C=O) groups is 1. The molecule has 1 amide bonds. The van der Waals surface area contributed by atoms with Crippen molar-refractivity contribution < 1.29 is 9.53 Å². The molecule has 1 unspecified atom stereocenters. The lowest BCUT2D eigenvalue weighted by Gasteiger charge is -2.11. The van der Waals surface area contributed by atoms with Crippen molar-refractivity contribution in [1.82, 2.24) is 10.6 Å². The molecule has 1 heterocycles. The molecule has 1 rings (SSSR count). The van der Waals surface area contributed by atoms with Gasteiger partial charge in [-0.15, -0.1) is 0 Å². The number of amides is 1. The van der Waals surface area contributed by atoms with Crippen LogP contribution in [0.15, 0.2) is 0 Å². The lowest BCUT2D eigenvalue weighted by atomic mass is 10.1. The van der Waals surface area contributed by atoms with Crippen LogP contribution in [0.5, 0.6) is 0 Å². The zero-order valence-electron chi connectivity index (χ0n) is 10.4. The Morgan fingerprint density at radius 3 is 2.94 bits per heavy atom. The van der Waals surface area contributed by atoms with Gasteiger partial charge in [-0.25, -0.2) is 0 Å². The number of carbonyl (C=O) groups excluding carboxylic acids is 1. The third-order valence-electron chi connectivity index (χ3n) is 2.73. The molecule has 0 spiro atoms. The molecule has 1 aliphatic heterocycles. The Hall–Kier alpha value is -0.610. The zero-order valence-corrected chi connectivity index (χ0v) is 10.4. The van der Waals surface area contributed by atoms with Crippen molar-refractivity contribution in [3.8, 4) is 0 Å². The van der Waals surface area contributed by atoms with Crippen molar-refractivity contribution >= 4 is 5.91 Å². The molecule has 0 saturated carbocycles. The van der Waals surface area contributed by atoms with Gasteiger partial charge < -0.3 is 15.4 Å². The molecule has 0 aromatic carbocycles. The molecule has 4 heteroatoms. The van der Waals surface area contributed by atoms with Crippen LogP contribution in [-0.2, 0) is 9.53 Å². The molecule has 0 aliphatic carbocycles. The molecule has 1 atom stereocenters. The van der Waals surface area contributed by atoms with Crippen molar-refractivity contribution in [2.24, 2.45) is 5.92 Å². The summed E-state index contributed by atoms with van der Waals surface area (Å²) >= 11 is 0. The van der Waals surface area contributed by atoms with Crippen molar-refractivity contribution in [2.45, 2.75) is 39.2 Å². The van der Waals surface area contributed by atoms with Gasteiger partial charge in [0.25, 0.3) is 0 Å². The SMILES string of the molecule is CC(C)CCNCC(=O)NCC1CCCO1. The third kappa shape index (κ3) is 6.08. The lowest BCUT2D eigenvalue weighted by molar-refractivity contribution is -0.120. The Labute approximate surface area is 98.1 Å². The second-order valence-electron chi connectivity index (χ2n) is 4.80. The van der Waals surface area contributed by atoms with Gasteiger partial charge in [-0.2, -0.15) is 0 Å². The number of ether oxygens (including phenoxy) is 1. The minimum Gasteiger partial charge on any atom is -0.376 e. The van der Waals surface area contributed by atoms with Gasteiger partial charge in [-0.05, 0) is 31.7 Å². The summed E-state index contributed by atoms with van der Waals surface area (Å²) in [5.74, 6) is 0.752. The molecule has 4 nitrogen and oxygen atoms in total. The minimum atomic E-state index is 0.0688. The summed E-state index contributed by atoms with van der Waals surface area (Å²) in [6.07, 6.45) is 3.53. The van der Waals surface area contributed by atoms with Crippen LogP contribution in [0, 0.1) is 5.92 Å². The molecule has 16 heavy (non-hydrogen) atoms. The topological polar surface area (TPSA) is 50.4 Å². The fourth-order valence-corrected chi connectivity index (χ4v) is 1.69. The van der Waals surface area contributed by atoms with Crippen molar-refractivity contribution in [1.29, 1.82) is 0 Å². The number of nitrogens with one attached hydrogen (secondary N) is 2. The fraction of sp³-hybridized carbons (Fsp3) is 0.917. The highest BCUT2D eigenvalue weighted by Crippen LogP contribution is 2.10. The number of rotatable bonds is 7. The Bertz CT molecular complexity index is 201. The van der Waals surface area contributed by atoms with Crippen LogP contribution in [0.2, 0.25) is 0 Å². The van der Waals surface area contributed by atoms with Gasteiger partial charge >= 0.3 is 0 Å². The molecule has 1 fully saturated rings. The first-order valence-corrected chi connectivity index (χ1v) is 6.27. The van der Waals surface area contributed by atoms with E-state index in [0.29, 0.717) is 19.0 Å². The van der Waals surface area contributed by atoms with Gasteiger partial charge in [0.05, 0.1) is 12.6 Å². The summed E-state index contributed by atoms with van der Waals surface area (Å²) in [5, 5.41) is 6.03. The molecule has 0 aromatic rings. The summed E-state index contributed by atoms with van der Waals surface area (Å²) < 4.78 is 5.43. The second-order valence-corrected chi connectivity index (χ2v) is 4.80. The average molecular weight is 228 g/mol. The largest absolute Gasteiger partial charge is 0.376 e. The van der Waals surface area contributed by atoms with E-state index in [1.807, 2.05) is 0 Å². The predicted octanol–water partition coefficient (Wildman–Crippen LogP) is 0.917. The van der Waals surface area contributed by atoms with Crippen molar-refractivity contribution in [2.75, 3.05) is 26.2 Å². The van der Waals surface area contributed by atoms with Gasteiger partial charge in [0.2, 0.25) is 5.91 Å². The molecule has 1 saturated heterocycles. The van der Waals surface area contributed by atoms with E-state index < -0.39 is 0 Å². The highest BCUT2D eigenvalue weighted by molar-refractivity contribution is 5.77. The molecule has 94 valence electrons. The van der Waals surface area contributed by atoms with Crippen molar-refractivity contribution in [3.63, 3.8) is 0 Å². The minimum absolute atomic E-state index is 0.0688. The fourth-order valence-electron chi connectivity index (χ4n) is 1.69. The highest BCUT2D eigenvalue weighted by atomic mass is 16.5. The maximum absolute atomic E-state index is 11.4. The maximum Gasteiger partial charge on any atom is 0.234 e. The third-order valence-corrected chi connectivity index (χ3v) is 2.73. The van der Waals surface area contributed by atoms with Gasteiger partial charge in [-0.3, -0.25) is 4.79 Å². The summed E-state index contributed by atoms with van der Waals surface area (Å²) in [7, 11) is 0. The quantitative estimate of drug-likeness (QED) is 0.637. The highest BCUT2D eigenvalue weighted by Gasteiger charge is 2.15. The van der Waals surface area contributed by atoms with Crippen LogP contribution in [-0.4, -0.2) is 38.3 Å². The monoisotopic (exact) mass is 228 g/mol. The first-order valence-electron chi connectivity index (χ1n) is 6.27. The average Bonchev–Trinajstić information content (AvgIpc) is 2.74. The van der Waals surface area contributed by atoms with E-state index in [1.54, 1.807) is 0 Å². The Morgan fingerprint density at radius 1 is 1.50 bits per heavy atom. The Kier molecular flexibility index (Phi) is 6.42. The maximum atomic E-state index is 11.4. The molecule has 0 bridgehead atoms. The Balaban J connectivity index is 1.94. The molecular formula is C12H24N2O2. The summed E-state index contributed by atoms with van der Waals surface area (Å²) in [6, 6.07) is 0. The molecule has 2 N–H and O–H groups in total. The lowest BCUT2D eigenvalue weighted by Crippen LogP contribution is -2.38. The Morgan fingerprint density at radius 2 is 2.31 bits per heavy atom.